The van der Waals surface area contributed by atoms with Gasteiger partial charge in [-0.1, -0.05) is 36.7 Å². The number of carbonyl (C=O) groups excluding carboxylic acids is 1. The molecule has 1 aromatic carbocycles. The van der Waals surface area contributed by atoms with Gasteiger partial charge in [0, 0.05) is 12.2 Å². The Morgan fingerprint density at radius 1 is 1.52 bits per heavy atom. The lowest BCUT2D eigenvalue weighted by atomic mass is 10.3. The van der Waals surface area contributed by atoms with Gasteiger partial charge in [0.15, 0.2) is 5.16 Å². The summed E-state index contributed by atoms with van der Waals surface area (Å²) >= 11 is 7.29. The third kappa shape index (κ3) is 5.02. The Balaban J connectivity index is 2.03. The van der Waals surface area contributed by atoms with E-state index in [2.05, 4.69) is 15.5 Å². The molecule has 136 valence electrons. The molecule has 0 bridgehead atoms. The minimum absolute atomic E-state index is 0.205. The number of aromatic amines is 1. The van der Waals surface area contributed by atoms with Crippen molar-refractivity contribution in [2.45, 2.75) is 43.6 Å². The summed E-state index contributed by atoms with van der Waals surface area (Å²) in [6.45, 7) is 4.39. The summed E-state index contributed by atoms with van der Waals surface area (Å²) in [6, 6.07) is 5.03. The zero-order chi connectivity index (χ0) is 18.4. The van der Waals surface area contributed by atoms with Crippen molar-refractivity contribution < 1.29 is 9.53 Å². The molecule has 0 radical (unpaired) electrons. The third-order valence-electron chi connectivity index (χ3n) is 3.53. The van der Waals surface area contributed by atoms with Crippen molar-refractivity contribution in [3.05, 3.63) is 33.7 Å². The molecular weight excluding hydrogens is 364 g/mol. The van der Waals surface area contributed by atoms with E-state index in [9.17, 15) is 9.59 Å². The van der Waals surface area contributed by atoms with Gasteiger partial charge in [0.05, 0.1) is 17.4 Å². The summed E-state index contributed by atoms with van der Waals surface area (Å²) in [5.74, 6) is 0.335. The fourth-order valence-electron chi connectivity index (χ4n) is 2.11. The second-order valence-corrected chi connectivity index (χ2v) is 7.13. The average molecular weight is 385 g/mol. The Kier molecular flexibility index (Phi) is 6.95. The molecule has 25 heavy (non-hydrogen) atoms. The fourth-order valence-corrected chi connectivity index (χ4v) is 3.25. The first kappa shape index (κ1) is 19.4. The van der Waals surface area contributed by atoms with Gasteiger partial charge < -0.3 is 10.1 Å². The van der Waals surface area contributed by atoms with E-state index in [0.717, 1.165) is 12.8 Å². The molecule has 2 aromatic rings. The highest BCUT2D eigenvalue weighted by Gasteiger charge is 2.19. The molecule has 0 aliphatic heterocycles. The Bertz CT molecular complexity index is 790. The number of rotatable bonds is 8. The molecule has 1 aromatic heterocycles. The molecule has 0 unspecified atom stereocenters. The van der Waals surface area contributed by atoms with Crippen LogP contribution in [0.4, 0.5) is 5.69 Å². The number of unbranched alkanes of at least 4 members (excludes halogenated alkanes) is 1. The van der Waals surface area contributed by atoms with Crippen molar-refractivity contribution in [3.8, 4) is 5.75 Å². The van der Waals surface area contributed by atoms with Crippen LogP contribution in [0.1, 0.15) is 26.7 Å². The van der Waals surface area contributed by atoms with Crippen molar-refractivity contribution in [2.24, 2.45) is 0 Å². The number of thioether (sulfide) groups is 1. The maximum atomic E-state index is 12.4. The molecule has 0 aliphatic rings. The summed E-state index contributed by atoms with van der Waals surface area (Å²) in [6.07, 6.45) is 1.84. The maximum Gasteiger partial charge on any atom is 0.343 e. The van der Waals surface area contributed by atoms with E-state index in [0.29, 0.717) is 28.2 Å². The molecular formula is C16H21ClN4O3S. The number of aromatic nitrogens is 3. The predicted molar refractivity (Wildman–Crippen MR) is 99.7 cm³/mol. The fraction of sp³-hybridized carbons (Fsp3) is 0.438. The van der Waals surface area contributed by atoms with Gasteiger partial charge in [-0.15, -0.1) is 5.10 Å². The Morgan fingerprint density at radius 2 is 2.28 bits per heavy atom. The van der Waals surface area contributed by atoms with Crippen LogP contribution >= 0.6 is 23.4 Å². The topological polar surface area (TPSA) is 89.0 Å². The second-order valence-electron chi connectivity index (χ2n) is 5.42. The van der Waals surface area contributed by atoms with Crippen molar-refractivity contribution in [2.75, 3.05) is 12.4 Å². The van der Waals surface area contributed by atoms with E-state index in [1.807, 2.05) is 6.92 Å². The summed E-state index contributed by atoms with van der Waals surface area (Å²) in [7, 11) is 1.53. The Morgan fingerprint density at radius 3 is 2.92 bits per heavy atom. The molecule has 2 N–H and O–H groups in total. The molecule has 1 heterocycles. The third-order valence-corrected chi connectivity index (χ3v) is 4.91. The average Bonchev–Trinajstić information content (AvgIpc) is 2.92. The molecule has 0 fully saturated rings. The van der Waals surface area contributed by atoms with Gasteiger partial charge >= 0.3 is 5.69 Å². The molecule has 1 atom stereocenters. The summed E-state index contributed by atoms with van der Waals surface area (Å²) in [4.78, 5) is 24.2. The van der Waals surface area contributed by atoms with Crippen LogP contribution in [0.5, 0.6) is 5.75 Å². The van der Waals surface area contributed by atoms with Crippen LogP contribution in [0.2, 0.25) is 5.02 Å². The molecule has 7 nitrogen and oxygen atoms in total. The molecule has 1 amide bonds. The second kappa shape index (κ2) is 8.96. The maximum absolute atomic E-state index is 12.4. The molecule has 9 heteroatoms. The van der Waals surface area contributed by atoms with Crippen LogP contribution in [0.15, 0.2) is 28.2 Å². The van der Waals surface area contributed by atoms with Gasteiger partial charge in [-0.2, -0.15) is 0 Å². The summed E-state index contributed by atoms with van der Waals surface area (Å²) < 4.78 is 6.64. The standard InChI is InChI=1S/C16H21ClN4O3S/c1-4-5-8-21-15(23)19-20-16(21)25-10(2)14(22)18-11-6-7-13(24-3)12(17)9-11/h6-7,9-10H,4-5,8H2,1-3H3,(H,18,22)(H,19,23)/t10-/m0/s1. The van der Waals surface area contributed by atoms with Crippen LogP contribution in [0.25, 0.3) is 0 Å². The van der Waals surface area contributed by atoms with Crippen LogP contribution in [-0.4, -0.2) is 33.0 Å². The van der Waals surface area contributed by atoms with E-state index in [1.54, 1.807) is 29.7 Å². The van der Waals surface area contributed by atoms with E-state index >= 15 is 0 Å². The molecule has 0 saturated carbocycles. The molecule has 0 saturated heterocycles. The summed E-state index contributed by atoms with van der Waals surface area (Å²) in [5.41, 5.74) is 0.319. The molecule has 0 spiro atoms. The lowest BCUT2D eigenvalue weighted by Gasteiger charge is -2.13. The van der Waals surface area contributed by atoms with Crippen molar-refractivity contribution >= 4 is 35.0 Å². The number of methoxy groups -OCH3 is 1. The summed E-state index contributed by atoms with van der Waals surface area (Å²) in [5, 5.41) is 9.73. The number of hydrogen-bond donors (Lipinski definition) is 2. The quantitative estimate of drug-likeness (QED) is 0.682. The van der Waals surface area contributed by atoms with Gasteiger partial charge in [0.2, 0.25) is 5.91 Å². The van der Waals surface area contributed by atoms with Gasteiger partial charge in [-0.3, -0.25) is 9.36 Å². The SMILES string of the molecule is CCCCn1c(S[C@@H](C)C(=O)Nc2ccc(OC)c(Cl)c2)n[nH]c1=O. The number of H-pyrrole nitrogens is 1. The highest BCUT2D eigenvalue weighted by Crippen LogP contribution is 2.28. The first-order valence-electron chi connectivity index (χ1n) is 7.92. The Hall–Kier alpha value is -1.93. The van der Waals surface area contributed by atoms with Crippen molar-refractivity contribution in [1.82, 2.24) is 14.8 Å². The van der Waals surface area contributed by atoms with Crippen molar-refractivity contribution in [3.63, 3.8) is 0 Å². The number of benzene rings is 1. The number of nitrogens with zero attached hydrogens (tertiary/aromatic N) is 2. The number of halogens is 1. The van der Waals surface area contributed by atoms with E-state index in [4.69, 9.17) is 16.3 Å². The monoisotopic (exact) mass is 384 g/mol. The normalized spacial score (nSPS) is 12.0. The Labute approximate surface area is 155 Å². The first-order valence-corrected chi connectivity index (χ1v) is 9.18. The van der Waals surface area contributed by atoms with E-state index < -0.39 is 5.25 Å². The van der Waals surface area contributed by atoms with Crippen molar-refractivity contribution in [1.29, 1.82) is 0 Å². The lowest BCUT2D eigenvalue weighted by Crippen LogP contribution is -2.24. The largest absolute Gasteiger partial charge is 0.495 e. The van der Waals surface area contributed by atoms with E-state index in [1.165, 1.54) is 18.9 Å². The van der Waals surface area contributed by atoms with Gasteiger partial charge in [0.1, 0.15) is 5.75 Å². The van der Waals surface area contributed by atoms with Crippen LogP contribution in [0.3, 0.4) is 0 Å². The molecule has 2 rings (SSSR count). The minimum atomic E-state index is -0.434. The van der Waals surface area contributed by atoms with Gasteiger partial charge in [-0.05, 0) is 31.5 Å². The number of carbonyl (C=O) groups is 1. The van der Waals surface area contributed by atoms with Gasteiger partial charge in [0.25, 0.3) is 0 Å². The molecule has 0 aliphatic carbocycles. The first-order chi connectivity index (χ1) is 12.0. The highest BCUT2D eigenvalue weighted by molar-refractivity contribution is 8.00. The smallest absolute Gasteiger partial charge is 0.343 e. The van der Waals surface area contributed by atoms with E-state index in [-0.39, 0.29) is 11.6 Å². The zero-order valence-corrected chi connectivity index (χ0v) is 15.9. The number of anilines is 1. The number of ether oxygens (including phenoxy) is 1. The number of hydrogen-bond acceptors (Lipinski definition) is 5. The van der Waals surface area contributed by atoms with Crippen LogP contribution in [-0.2, 0) is 11.3 Å². The number of amides is 1. The predicted octanol–water partition coefficient (Wildman–Crippen LogP) is 3.15. The number of nitrogens with one attached hydrogen (secondary N) is 2. The zero-order valence-electron chi connectivity index (χ0n) is 14.3. The minimum Gasteiger partial charge on any atom is -0.495 e. The van der Waals surface area contributed by atoms with Crippen LogP contribution in [0, 0.1) is 0 Å². The highest BCUT2D eigenvalue weighted by atomic mass is 35.5. The van der Waals surface area contributed by atoms with Crippen LogP contribution < -0.4 is 15.7 Å². The van der Waals surface area contributed by atoms with Gasteiger partial charge in [-0.25, -0.2) is 9.89 Å². The lowest BCUT2D eigenvalue weighted by molar-refractivity contribution is -0.115.